The molecule has 1 saturated carbocycles. The van der Waals surface area contributed by atoms with Gasteiger partial charge in [0.25, 0.3) is 0 Å². The molecule has 1 aromatic rings. The molecule has 2 saturated heterocycles. The Morgan fingerprint density at radius 1 is 0.897 bits per heavy atom. The van der Waals surface area contributed by atoms with Gasteiger partial charge in [0.1, 0.15) is 0 Å². The Hall–Kier alpha value is -1.09. The van der Waals surface area contributed by atoms with E-state index in [1.807, 2.05) is 0 Å². The van der Waals surface area contributed by atoms with Gasteiger partial charge in [-0.05, 0) is 58.1 Å². The van der Waals surface area contributed by atoms with Crippen LogP contribution in [0.3, 0.4) is 0 Å². The van der Waals surface area contributed by atoms with Gasteiger partial charge in [-0.2, -0.15) is 4.31 Å². The summed E-state index contributed by atoms with van der Waals surface area (Å²) in [6.45, 7) is 10.8. The number of piperazine rings is 1. The second-order valence-corrected chi connectivity index (χ2v) is 11.7. The molecule has 0 amide bonds. The summed E-state index contributed by atoms with van der Waals surface area (Å²) in [5, 5.41) is -0.159. The lowest BCUT2D eigenvalue weighted by atomic mass is 9.79. The molecule has 1 aliphatic carbocycles. The Labute approximate surface area is 175 Å². The number of hydrogen-bond donors (Lipinski definition) is 0. The molecule has 2 heterocycles. The summed E-state index contributed by atoms with van der Waals surface area (Å²) in [5.41, 5.74) is 1.42. The molecular weight excluding hydrogens is 387 g/mol. The molecule has 0 bridgehead atoms. The SMILES string of the molecule is CC1(C)OB(c2ccc(N3CCN(S(=O)(=O)C4CCCC4)CC3)cc2)OC1(C)C. The molecule has 0 N–H and O–H groups in total. The van der Waals surface area contributed by atoms with Gasteiger partial charge >= 0.3 is 7.12 Å². The summed E-state index contributed by atoms with van der Waals surface area (Å²) in [6, 6.07) is 8.28. The highest BCUT2D eigenvalue weighted by molar-refractivity contribution is 7.89. The Balaban J connectivity index is 1.37. The summed E-state index contributed by atoms with van der Waals surface area (Å²) in [5.74, 6) is 0. The molecule has 3 aliphatic rings. The fraction of sp³-hybridized carbons (Fsp3) is 0.714. The third kappa shape index (κ3) is 3.96. The number of benzene rings is 1. The normalized spacial score (nSPS) is 25.7. The minimum Gasteiger partial charge on any atom is -0.399 e. The summed E-state index contributed by atoms with van der Waals surface area (Å²) >= 11 is 0. The molecular formula is C21H33BN2O4S. The molecule has 1 aromatic carbocycles. The summed E-state index contributed by atoms with van der Waals surface area (Å²) in [7, 11) is -3.49. The molecule has 0 aromatic heterocycles. The number of anilines is 1. The van der Waals surface area contributed by atoms with E-state index in [0.29, 0.717) is 13.1 Å². The van der Waals surface area contributed by atoms with Crippen molar-refractivity contribution in [3.8, 4) is 0 Å². The van der Waals surface area contributed by atoms with Crippen LogP contribution in [0.4, 0.5) is 5.69 Å². The smallest absolute Gasteiger partial charge is 0.399 e. The van der Waals surface area contributed by atoms with E-state index in [2.05, 4.69) is 56.9 Å². The van der Waals surface area contributed by atoms with Crippen molar-refractivity contribution in [3.63, 3.8) is 0 Å². The van der Waals surface area contributed by atoms with Crippen LogP contribution >= 0.6 is 0 Å². The zero-order valence-electron chi connectivity index (χ0n) is 18.1. The monoisotopic (exact) mass is 420 g/mol. The molecule has 0 radical (unpaired) electrons. The minimum atomic E-state index is -3.13. The van der Waals surface area contributed by atoms with Crippen LogP contribution < -0.4 is 10.4 Å². The standard InChI is InChI=1S/C21H33BN2O4S/c1-20(2)21(3,4)28-22(27-20)17-9-11-18(12-10-17)23-13-15-24(16-14-23)29(25,26)19-7-5-6-8-19/h9-12,19H,5-8,13-16H2,1-4H3. The van der Waals surface area contributed by atoms with Crippen LogP contribution in [0.1, 0.15) is 53.4 Å². The van der Waals surface area contributed by atoms with Gasteiger partial charge in [-0.1, -0.05) is 25.0 Å². The highest BCUT2D eigenvalue weighted by atomic mass is 32.2. The number of sulfonamides is 1. The second-order valence-electron chi connectivity index (χ2n) is 9.52. The Morgan fingerprint density at radius 3 is 1.93 bits per heavy atom. The highest BCUT2D eigenvalue weighted by Crippen LogP contribution is 2.36. The Kier molecular flexibility index (Phi) is 5.51. The highest BCUT2D eigenvalue weighted by Gasteiger charge is 2.51. The van der Waals surface area contributed by atoms with Gasteiger partial charge in [-0.3, -0.25) is 0 Å². The molecule has 0 atom stereocenters. The van der Waals surface area contributed by atoms with Gasteiger partial charge in [-0.25, -0.2) is 8.42 Å². The zero-order chi connectivity index (χ0) is 20.9. The van der Waals surface area contributed by atoms with E-state index < -0.39 is 10.0 Å². The van der Waals surface area contributed by atoms with E-state index in [9.17, 15) is 8.42 Å². The number of rotatable bonds is 4. The van der Waals surface area contributed by atoms with Crippen LogP contribution in [-0.2, 0) is 19.3 Å². The van der Waals surface area contributed by atoms with Crippen molar-refractivity contribution in [3.05, 3.63) is 24.3 Å². The first-order chi connectivity index (χ1) is 13.6. The maximum absolute atomic E-state index is 12.8. The van der Waals surface area contributed by atoms with Crippen molar-refractivity contribution in [2.45, 2.75) is 69.8 Å². The third-order valence-corrected chi connectivity index (χ3v) is 9.50. The molecule has 29 heavy (non-hydrogen) atoms. The Bertz CT molecular complexity index is 811. The summed E-state index contributed by atoms with van der Waals surface area (Å²) in [4.78, 5) is 2.26. The van der Waals surface area contributed by atoms with Crippen molar-refractivity contribution in [2.24, 2.45) is 0 Å². The van der Waals surface area contributed by atoms with Gasteiger partial charge in [-0.15, -0.1) is 0 Å². The van der Waals surface area contributed by atoms with Crippen molar-refractivity contribution >= 4 is 28.3 Å². The van der Waals surface area contributed by atoms with Crippen LogP contribution in [0.15, 0.2) is 24.3 Å². The van der Waals surface area contributed by atoms with Crippen LogP contribution in [-0.4, -0.2) is 62.5 Å². The van der Waals surface area contributed by atoms with Crippen molar-refractivity contribution in [2.75, 3.05) is 31.1 Å². The predicted octanol–water partition coefficient (Wildman–Crippen LogP) is 2.38. The zero-order valence-corrected chi connectivity index (χ0v) is 18.9. The minimum absolute atomic E-state index is 0.159. The Morgan fingerprint density at radius 2 is 1.41 bits per heavy atom. The van der Waals surface area contributed by atoms with Crippen molar-refractivity contribution in [1.82, 2.24) is 4.31 Å². The molecule has 0 unspecified atom stereocenters. The van der Waals surface area contributed by atoms with Crippen LogP contribution in [0.2, 0.25) is 0 Å². The molecule has 4 rings (SSSR count). The average molecular weight is 420 g/mol. The number of nitrogens with zero attached hydrogens (tertiary/aromatic N) is 2. The van der Waals surface area contributed by atoms with Gasteiger partial charge in [0.05, 0.1) is 16.5 Å². The van der Waals surface area contributed by atoms with Crippen LogP contribution in [0, 0.1) is 0 Å². The average Bonchev–Trinajstić information content (AvgIpc) is 3.29. The first-order valence-corrected chi connectivity index (χ1v) is 12.3. The van der Waals surface area contributed by atoms with E-state index in [1.54, 1.807) is 4.31 Å². The lowest BCUT2D eigenvalue weighted by molar-refractivity contribution is 0.00578. The quantitative estimate of drug-likeness (QED) is 0.701. The third-order valence-electron chi connectivity index (χ3n) is 7.11. The van der Waals surface area contributed by atoms with E-state index in [0.717, 1.165) is 49.9 Å². The molecule has 0 spiro atoms. The van der Waals surface area contributed by atoms with Gasteiger partial charge in [0, 0.05) is 31.9 Å². The molecule has 2 aliphatic heterocycles. The van der Waals surface area contributed by atoms with Crippen LogP contribution in [0.25, 0.3) is 0 Å². The van der Waals surface area contributed by atoms with E-state index in [1.165, 1.54) is 0 Å². The lowest BCUT2D eigenvalue weighted by Crippen LogP contribution is -2.50. The first kappa shape index (κ1) is 21.2. The fourth-order valence-electron chi connectivity index (χ4n) is 4.42. The van der Waals surface area contributed by atoms with Crippen molar-refractivity contribution in [1.29, 1.82) is 0 Å². The molecule has 8 heteroatoms. The first-order valence-electron chi connectivity index (χ1n) is 10.8. The summed E-state index contributed by atoms with van der Waals surface area (Å²) < 4.78 is 39.6. The second kappa shape index (κ2) is 7.55. The molecule has 3 fully saturated rings. The largest absolute Gasteiger partial charge is 0.494 e. The van der Waals surface area contributed by atoms with Gasteiger partial charge < -0.3 is 14.2 Å². The topological polar surface area (TPSA) is 59.1 Å². The van der Waals surface area contributed by atoms with E-state index >= 15 is 0 Å². The molecule has 6 nitrogen and oxygen atoms in total. The lowest BCUT2D eigenvalue weighted by Gasteiger charge is -2.36. The molecule has 160 valence electrons. The summed E-state index contributed by atoms with van der Waals surface area (Å²) in [6.07, 6.45) is 3.73. The fourth-order valence-corrected chi connectivity index (χ4v) is 6.44. The van der Waals surface area contributed by atoms with Gasteiger partial charge in [0.2, 0.25) is 10.0 Å². The predicted molar refractivity (Wildman–Crippen MR) is 117 cm³/mol. The van der Waals surface area contributed by atoms with E-state index in [4.69, 9.17) is 9.31 Å². The van der Waals surface area contributed by atoms with Gasteiger partial charge in [0.15, 0.2) is 0 Å². The van der Waals surface area contributed by atoms with Crippen LogP contribution in [0.5, 0.6) is 0 Å². The number of hydrogen-bond acceptors (Lipinski definition) is 5. The van der Waals surface area contributed by atoms with E-state index in [-0.39, 0.29) is 23.6 Å². The maximum atomic E-state index is 12.8. The van der Waals surface area contributed by atoms with Crippen molar-refractivity contribution < 1.29 is 17.7 Å². The maximum Gasteiger partial charge on any atom is 0.494 e.